The second-order valence-corrected chi connectivity index (χ2v) is 1.49. The van der Waals surface area contributed by atoms with Gasteiger partial charge in [-0.2, -0.15) is 4.21 Å². The van der Waals surface area contributed by atoms with E-state index in [-0.39, 0.29) is 0 Å². The monoisotopic (exact) mass is 188 g/mol. The van der Waals surface area contributed by atoms with E-state index in [4.69, 9.17) is 13.3 Å². The first-order valence-electron chi connectivity index (χ1n) is 1.16. The molecule has 0 saturated carbocycles. The highest BCUT2D eigenvalue weighted by atomic mass is 79.9. The fraction of sp³-hybridized carbons (Fsp3) is 0. The van der Waals surface area contributed by atoms with Gasteiger partial charge < -0.3 is 0 Å². The van der Waals surface area contributed by atoms with Crippen LogP contribution in [0.4, 0.5) is 0 Å². The first kappa shape index (κ1) is 10.3. The molecule has 0 aliphatic heterocycles. The molecular weight excluding hydrogens is 184 g/mol. The molecule has 0 atom stereocenters. The van der Waals surface area contributed by atoms with Gasteiger partial charge in [-0.1, -0.05) is 22.5 Å². The van der Waals surface area contributed by atoms with Crippen LogP contribution < -0.4 is 0 Å². The third-order valence-corrected chi connectivity index (χ3v) is 0. The van der Waals surface area contributed by atoms with E-state index in [1.54, 1.807) is 4.99 Å². The molecule has 0 bridgehead atoms. The first-order chi connectivity index (χ1) is 3.15. The Morgan fingerprint density at radius 3 is 1.71 bits per heavy atom. The lowest BCUT2D eigenvalue weighted by molar-refractivity contribution is 0.454. The maximum Gasteiger partial charge on any atom is 0.299 e. The van der Waals surface area contributed by atoms with Gasteiger partial charge in [0.05, 0.1) is 0 Å². The Morgan fingerprint density at radius 2 is 1.71 bits per heavy atom. The number of halogens is 1. The van der Waals surface area contributed by atoms with Crippen molar-refractivity contribution in [3.8, 4) is 0 Å². The summed E-state index contributed by atoms with van der Waals surface area (Å²) in [4.78, 5) is 1.56. The molecule has 0 aromatic carbocycles. The lowest BCUT2D eigenvalue weighted by Gasteiger charge is -1.59. The Morgan fingerprint density at radius 1 is 1.71 bits per heavy atom. The maximum absolute atomic E-state index is 8.67. The van der Waals surface area contributed by atoms with E-state index >= 15 is 0 Å². The molecule has 0 aromatic rings. The Labute approximate surface area is 52.7 Å². The minimum absolute atomic E-state index is 1.56. The third-order valence-electron chi connectivity index (χ3n) is 0. The van der Waals surface area contributed by atoms with Crippen molar-refractivity contribution >= 4 is 27.3 Å². The zero-order valence-electron chi connectivity index (χ0n) is 3.37. The second-order valence-electron chi connectivity index (χ2n) is 0.385. The molecule has 0 aliphatic rings. The minimum atomic E-state index is -2.61. The van der Waals surface area contributed by atoms with Crippen molar-refractivity contribution in [2.45, 2.75) is 0 Å². The van der Waals surface area contributed by atoms with Crippen LogP contribution in [0.1, 0.15) is 0 Å². The fourth-order valence-corrected chi connectivity index (χ4v) is 0. The lowest BCUT2D eigenvalue weighted by atomic mass is 11.3. The van der Waals surface area contributed by atoms with Crippen LogP contribution in [0.2, 0.25) is 0 Å². The SMILES string of the molecule is C=CBr.O=S(O)O. The predicted octanol–water partition coefficient (Wildman–Crippen LogP) is 1.21. The largest absolute Gasteiger partial charge is 0.299 e. The lowest BCUT2D eigenvalue weighted by Crippen LogP contribution is -1.74. The Balaban J connectivity index is 0. The molecule has 5 heteroatoms. The van der Waals surface area contributed by atoms with Gasteiger partial charge in [-0.15, -0.1) is 0 Å². The van der Waals surface area contributed by atoms with Crippen LogP contribution in [0.3, 0.4) is 0 Å². The third kappa shape index (κ3) is 1380. The number of hydrogen-bond donors (Lipinski definition) is 2. The van der Waals surface area contributed by atoms with Crippen molar-refractivity contribution in [3.05, 3.63) is 11.6 Å². The molecule has 0 spiro atoms. The van der Waals surface area contributed by atoms with E-state index in [1.165, 1.54) is 0 Å². The van der Waals surface area contributed by atoms with Crippen molar-refractivity contribution in [2.75, 3.05) is 0 Å². The van der Waals surface area contributed by atoms with E-state index in [9.17, 15) is 0 Å². The van der Waals surface area contributed by atoms with Gasteiger partial charge in [-0.3, -0.25) is 9.11 Å². The fourth-order valence-electron chi connectivity index (χ4n) is 0. The number of rotatable bonds is 0. The van der Waals surface area contributed by atoms with Gasteiger partial charge >= 0.3 is 0 Å². The van der Waals surface area contributed by atoms with Crippen LogP contribution in [-0.2, 0) is 11.4 Å². The summed E-state index contributed by atoms with van der Waals surface area (Å²) >= 11 is 0.299. The van der Waals surface area contributed by atoms with E-state index in [2.05, 4.69) is 22.5 Å². The van der Waals surface area contributed by atoms with Crippen molar-refractivity contribution in [3.63, 3.8) is 0 Å². The van der Waals surface area contributed by atoms with Gasteiger partial charge in [0.25, 0.3) is 11.4 Å². The van der Waals surface area contributed by atoms with E-state index in [0.717, 1.165) is 0 Å². The maximum atomic E-state index is 8.67. The summed E-state index contributed by atoms with van der Waals surface area (Å²) in [6, 6.07) is 0. The van der Waals surface area contributed by atoms with Crippen LogP contribution in [0.15, 0.2) is 11.6 Å². The molecule has 3 nitrogen and oxygen atoms in total. The molecule has 0 fully saturated rings. The standard InChI is InChI=1S/C2H3Br.H2O3S/c1-2-3;1-4(2)3/h2H,1H2;(H2,1,2,3). The highest BCUT2D eigenvalue weighted by Crippen LogP contribution is 1.68. The first-order valence-corrected chi connectivity index (χ1v) is 3.14. The van der Waals surface area contributed by atoms with Gasteiger partial charge in [-0.05, 0) is 4.99 Å². The molecule has 2 N–H and O–H groups in total. The second kappa shape index (κ2) is 9.56. The number of hydrogen-bond acceptors (Lipinski definition) is 1. The average molecular weight is 189 g/mol. The van der Waals surface area contributed by atoms with Crippen LogP contribution in [-0.4, -0.2) is 13.3 Å². The van der Waals surface area contributed by atoms with Crippen LogP contribution in [0, 0.1) is 0 Å². The molecule has 0 amide bonds. The summed E-state index contributed by atoms with van der Waals surface area (Å²) in [5.41, 5.74) is 0. The Bertz CT molecular complexity index is 60.0. The van der Waals surface area contributed by atoms with Crippen molar-refractivity contribution < 1.29 is 13.3 Å². The average Bonchev–Trinajstić information content (AvgIpc) is 1.33. The summed E-state index contributed by atoms with van der Waals surface area (Å²) < 4.78 is 22.8. The van der Waals surface area contributed by atoms with Crippen molar-refractivity contribution in [1.29, 1.82) is 0 Å². The zero-order valence-corrected chi connectivity index (χ0v) is 5.78. The smallest absolute Gasteiger partial charge is 0.284 e. The van der Waals surface area contributed by atoms with E-state index in [1.807, 2.05) is 0 Å². The van der Waals surface area contributed by atoms with Crippen molar-refractivity contribution in [2.24, 2.45) is 0 Å². The molecule has 0 aliphatic carbocycles. The molecule has 7 heavy (non-hydrogen) atoms. The summed E-state index contributed by atoms with van der Waals surface area (Å²) in [5.74, 6) is 0. The van der Waals surface area contributed by atoms with Gasteiger partial charge in [0, 0.05) is 0 Å². The molecule has 0 unspecified atom stereocenters. The molecule has 44 valence electrons. The minimum Gasteiger partial charge on any atom is -0.284 e. The van der Waals surface area contributed by atoms with Gasteiger partial charge in [-0.25, -0.2) is 0 Å². The quantitative estimate of drug-likeness (QED) is 0.563. The topological polar surface area (TPSA) is 57.5 Å². The Kier molecular flexibility index (Phi) is 14.1. The highest BCUT2D eigenvalue weighted by molar-refractivity contribution is 9.11. The van der Waals surface area contributed by atoms with Gasteiger partial charge in [0.2, 0.25) is 0 Å². The summed E-state index contributed by atoms with van der Waals surface area (Å²) in [5, 5.41) is 0. The van der Waals surface area contributed by atoms with Crippen LogP contribution in [0.25, 0.3) is 0 Å². The van der Waals surface area contributed by atoms with Crippen LogP contribution in [0.5, 0.6) is 0 Å². The summed E-state index contributed by atoms with van der Waals surface area (Å²) in [6.45, 7) is 3.28. The molecule has 0 saturated heterocycles. The van der Waals surface area contributed by atoms with Crippen molar-refractivity contribution in [1.82, 2.24) is 0 Å². The zero-order chi connectivity index (χ0) is 6.28. The predicted molar refractivity (Wildman–Crippen MR) is 32.5 cm³/mol. The summed E-state index contributed by atoms with van der Waals surface area (Å²) in [7, 11) is 0. The molecule has 0 heterocycles. The highest BCUT2D eigenvalue weighted by Gasteiger charge is 1.62. The summed E-state index contributed by atoms with van der Waals surface area (Å²) in [6.07, 6.45) is 0. The normalized spacial score (nSPS) is 6.86. The molecule has 0 rings (SSSR count). The molecular formula is C2H5BrO3S. The van der Waals surface area contributed by atoms with Crippen LogP contribution >= 0.6 is 15.9 Å². The van der Waals surface area contributed by atoms with Gasteiger partial charge in [0.1, 0.15) is 0 Å². The van der Waals surface area contributed by atoms with E-state index in [0.29, 0.717) is 0 Å². The van der Waals surface area contributed by atoms with Gasteiger partial charge in [0.15, 0.2) is 0 Å². The Hall–Kier alpha value is 0.290. The molecule has 0 radical (unpaired) electrons. The molecule has 0 aromatic heterocycles. The van der Waals surface area contributed by atoms with E-state index < -0.39 is 11.4 Å².